The van der Waals surface area contributed by atoms with Crippen molar-refractivity contribution in [2.75, 3.05) is 0 Å². The fraction of sp³-hybridized carbons (Fsp3) is 0. The fourth-order valence-electron chi connectivity index (χ4n) is 0.678. The van der Waals surface area contributed by atoms with E-state index in [4.69, 9.17) is 11.6 Å². The van der Waals surface area contributed by atoms with Crippen molar-refractivity contribution in [3.8, 4) is 0 Å². The summed E-state index contributed by atoms with van der Waals surface area (Å²) in [7, 11) is 0. The van der Waals surface area contributed by atoms with Crippen molar-refractivity contribution in [2.24, 2.45) is 0 Å². The van der Waals surface area contributed by atoms with Crippen molar-refractivity contribution in [1.29, 1.82) is 0 Å². The molecule has 1 aromatic carbocycles. The van der Waals surface area contributed by atoms with Gasteiger partial charge in [-0.05, 0) is 17.7 Å². The highest BCUT2D eigenvalue weighted by Gasteiger charge is 1.90. The first kappa shape index (κ1) is 7.83. The van der Waals surface area contributed by atoms with E-state index in [-0.39, 0.29) is 0 Å². The SMILES string of the molecule is ClC=Cc1ccccc1Br. The summed E-state index contributed by atoms with van der Waals surface area (Å²) in [5.41, 5.74) is 2.60. The highest BCUT2D eigenvalue weighted by Crippen LogP contribution is 2.17. The first-order valence-electron chi connectivity index (χ1n) is 2.86. The molecule has 0 saturated heterocycles. The first-order chi connectivity index (χ1) is 4.84. The maximum atomic E-state index is 5.41. The van der Waals surface area contributed by atoms with Crippen LogP contribution in [-0.4, -0.2) is 0 Å². The zero-order chi connectivity index (χ0) is 7.40. The van der Waals surface area contributed by atoms with E-state index in [1.54, 1.807) is 0 Å². The maximum Gasteiger partial charge on any atom is 0.0248 e. The zero-order valence-corrected chi connectivity index (χ0v) is 7.56. The summed E-state index contributed by atoms with van der Waals surface area (Å²) in [6.07, 6.45) is 1.84. The summed E-state index contributed by atoms with van der Waals surface area (Å²) in [6, 6.07) is 7.90. The molecular weight excluding hydrogens is 211 g/mol. The zero-order valence-electron chi connectivity index (χ0n) is 5.22. The second kappa shape index (κ2) is 3.79. The van der Waals surface area contributed by atoms with Crippen LogP contribution in [0.5, 0.6) is 0 Å². The number of benzene rings is 1. The standard InChI is InChI=1S/C8H6BrCl/c9-8-4-2-1-3-7(8)5-6-10/h1-6H. The maximum absolute atomic E-state index is 5.41. The molecule has 0 bridgehead atoms. The lowest BCUT2D eigenvalue weighted by molar-refractivity contribution is 1.60. The largest absolute Gasteiger partial charge is 0.0929 e. The van der Waals surface area contributed by atoms with Crippen LogP contribution in [0, 0.1) is 0 Å². The van der Waals surface area contributed by atoms with Crippen LogP contribution in [0.2, 0.25) is 0 Å². The quantitative estimate of drug-likeness (QED) is 0.673. The van der Waals surface area contributed by atoms with Gasteiger partial charge < -0.3 is 0 Å². The van der Waals surface area contributed by atoms with Gasteiger partial charge in [0.2, 0.25) is 0 Å². The van der Waals surface area contributed by atoms with Crippen LogP contribution in [-0.2, 0) is 0 Å². The van der Waals surface area contributed by atoms with Gasteiger partial charge in [-0.25, -0.2) is 0 Å². The Labute approximate surface area is 73.6 Å². The summed E-state index contributed by atoms with van der Waals surface area (Å²) in [6.45, 7) is 0. The van der Waals surface area contributed by atoms with Crippen molar-refractivity contribution in [3.63, 3.8) is 0 Å². The second-order valence-corrected chi connectivity index (χ2v) is 2.92. The van der Waals surface area contributed by atoms with E-state index < -0.39 is 0 Å². The van der Waals surface area contributed by atoms with Gasteiger partial charge in [0.05, 0.1) is 0 Å². The molecule has 0 spiro atoms. The van der Waals surface area contributed by atoms with Crippen LogP contribution >= 0.6 is 27.5 Å². The van der Waals surface area contributed by atoms with Gasteiger partial charge in [0.25, 0.3) is 0 Å². The lowest BCUT2D eigenvalue weighted by Gasteiger charge is -1.93. The average Bonchev–Trinajstić information content (AvgIpc) is 1.94. The number of hydrogen-bond donors (Lipinski definition) is 0. The molecule has 0 fully saturated rings. The molecule has 1 aromatic rings. The van der Waals surface area contributed by atoms with E-state index in [1.165, 1.54) is 5.54 Å². The van der Waals surface area contributed by atoms with Gasteiger partial charge in [-0.15, -0.1) is 0 Å². The van der Waals surface area contributed by atoms with E-state index in [9.17, 15) is 0 Å². The van der Waals surface area contributed by atoms with Gasteiger partial charge in [0.15, 0.2) is 0 Å². The summed E-state index contributed by atoms with van der Waals surface area (Å²) < 4.78 is 1.06. The van der Waals surface area contributed by atoms with Crippen molar-refractivity contribution < 1.29 is 0 Å². The summed E-state index contributed by atoms with van der Waals surface area (Å²) >= 11 is 8.79. The van der Waals surface area contributed by atoms with Crippen molar-refractivity contribution in [3.05, 3.63) is 39.8 Å². The number of hydrogen-bond acceptors (Lipinski definition) is 0. The third-order valence-electron chi connectivity index (χ3n) is 1.15. The van der Waals surface area contributed by atoms with Crippen LogP contribution < -0.4 is 0 Å². The first-order valence-corrected chi connectivity index (χ1v) is 4.09. The Morgan fingerprint density at radius 3 is 2.60 bits per heavy atom. The Balaban J connectivity index is 3.03. The van der Waals surface area contributed by atoms with Gasteiger partial charge >= 0.3 is 0 Å². The van der Waals surface area contributed by atoms with E-state index >= 15 is 0 Å². The van der Waals surface area contributed by atoms with E-state index in [0.29, 0.717) is 0 Å². The van der Waals surface area contributed by atoms with Gasteiger partial charge in [-0.2, -0.15) is 0 Å². The minimum atomic E-state index is 1.06. The molecular formula is C8H6BrCl. The Kier molecular flexibility index (Phi) is 2.97. The molecule has 0 aliphatic rings. The lowest BCUT2D eigenvalue weighted by Crippen LogP contribution is -1.71. The van der Waals surface area contributed by atoms with Gasteiger partial charge in [-0.1, -0.05) is 45.7 Å². The molecule has 0 aromatic heterocycles. The molecule has 0 nitrogen and oxygen atoms in total. The summed E-state index contributed by atoms with van der Waals surface area (Å²) in [5.74, 6) is 0. The van der Waals surface area contributed by atoms with E-state index in [1.807, 2.05) is 30.3 Å². The molecule has 0 aliphatic heterocycles. The minimum absolute atomic E-state index is 1.06. The molecule has 1 rings (SSSR count). The number of rotatable bonds is 1. The molecule has 0 amide bonds. The molecule has 0 N–H and O–H groups in total. The van der Waals surface area contributed by atoms with E-state index in [0.717, 1.165) is 10.0 Å². The highest BCUT2D eigenvalue weighted by atomic mass is 79.9. The van der Waals surface area contributed by atoms with Crippen molar-refractivity contribution >= 4 is 33.6 Å². The third kappa shape index (κ3) is 1.86. The van der Waals surface area contributed by atoms with Crippen LogP contribution in [0.25, 0.3) is 6.08 Å². The molecule has 0 heterocycles. The predicted molar refractivity (Wildman–Crippen MR) is 49.0 cm³/mol. The fourth-order valence-corrected chi connectivity index (χ4v) is 1.23. The third-order valence-corrected chi connectivity index (χ3v) is 2.00. The Bertz CT molecular complexity index is 243. The average molecular weight is 217 g/mol. The highest BCUT2D eigenvalue weighted by molar-refractivity contribution is 9.10. The molecule has 0 atom stereocenters. The van der Waals surface area contributed by atoms with Crippen LogP contribution in [0.4, 0.5) is 0 Å². The Morgan fingerprint density at radius 1 is 1.30 bits per heavy atom. The minimum Gasteiger partial charge on any atom is -0.0929 e. The van der Waals surface area contributed by atoms with Gasteiger partial charge in [0.1, 0.15) is 0 Å². The topological polar surface area (TPSA) is 0 Å². The van der Waals surface area contributed by atoms with Crippen LogP contribution in [0.1, 0.15) is 5.56 Å². The predicted octanol–water partition coefficient (Wildman–Crippen LogP) is 3.66. The van der Waals surface area contributed by atoms with Gasteiger partial charge in [-0.3, -0.25) is 0 Å². The normalized spacial score (nSPS) is 10.6. The summed E-state index contributed by atoms with van der Waals surface area (Å²) in [5, 5.41) is 0. The van der Waals surface area contributed by atoms with Crippen molar-refractivity contribution in [1.82, 2.24) is 0 Å². The second-order valence-electron chi connectivity index (χ2n) is 1.81. The van der Waals surface area contributed by atoms with E-state index in [2.05, 4.69) is 15.9 Å². The Morgan fingerprint density at radius 2 is 2.00 bits per heavy atom. The molecule has 0 unspecified atom stereocenters. The van der Waals surface area contributed by atoms with Crippen LogP contribution in [0.3, 0.4) is 0 Å². The molecule has 52 valence electrons. The molecule has 0 radical (unpaired) electrons. The Hall–Kier alpha value is -0.270. The van der Waals surface area contributed by atoms with Crippen LogP contribution in [0.15, 0.2) is 34.3 Å². The lowest BCUT2D eigenvalue weighted by atomic mass is 10.2. The monoisotopic (exact) mass is 216 g/mol. The molecule has 0 aliphatic carbocycles. The smallest absolute Gasteiger partial charge is 0.0248 e. The van der Waals surface area contributed by atoms with Crippen molar-refractivity contribution in [2.45, 2.75) is 0 Å². The number of halogens is 2. The summed E-state index contributed by atoms with van der Waals surface area (Å²) in [4.78, 5) is 0. The molecule has 0 saturated carbocycles. The van der Waals surface area contributed by atoms with Gasteiger partial charge in [0, 0.05) is 10.0 Å². The molecule has 10 heavy (non-hydrogen) atoms. The molecule has 2 heteroatoms.